The van der Waals surface area contributed by atoms with E-state index >= 15 is 0 Å². The van der Waals surface area contributed by atoms with Crippen molar-refractivity contribution in [2.75, 3.05) is 0 Å². The zero-order valence-electron chi connectivity index (χ0n) is 10.6. The lowest BCUT2D eigenvalue weighted by Gasteiger charge is -2.28. The van der Waals surface area contributed by atoms with Gasteiger partial charge in [0.05, 0.1) is 6.61 Å². The molecule has 1 fully saturated rings. The molecule has 2 unspecified atom stereocenters. The Labute approximate surface area is 103 Å². The van der Waals surface area contributed by atoms with E-state index in [0.717, 1.165) is 17.7 Å². The topological polar surface area (TPSA) is 42.4 Å². The third-order valence-electron chi connectivity index (χ3n) is 3.64. The van der Waals surface area contributed by atoms with E-state index in [0.29, 0.717) is 17.9 Å². The smallest absolute Gasteiger partial charge is 0.213 e. The van der Waals surface area contributed by atoms with Crippen LogP contribution in [0.1, 0.15) is 43.9 Å². The molecule has 94 valence electrons. The molecule has 0 spiro atoms. The Balaban J connectivity index is 2.05. The van der Waals surface area contributed by atoms with Crippen LogP contribution in [0.5, 0.6) is 5.88 Å². The highest BCUT2D eigenvalue weighted by Gasteiger charge is 2.23. The number of ether oxygens (including phenoxy) is 1. The molecular weight excluding hydrogens is 214 g/mol. The van der Waals surface area contributed by atoms with Gasteiger partial charge in [-0.05, 0) is 43.7 Å². The van der Waals surface area contributed by atoms with Gasteiger partial charge >= 0.3 is 0 Å². The number of aliphatic hydroxyl groups excluding tert-OH is 1. The van der Waals surface area contributed by atoms with E-state index in [1.54, 1.807) is 0 Å². The van der Waals surface area contributed by atoms with Crippen LogP contribution in [-0.2, 0) is 6.61 Å². The summed E-state index contributed by atoms with van der Waals surface area (Å²) in [6, 6.07) is 3.75. The van der Waals surface area contributed by atoms with Crippen molar-refractivity contribution in [3.63, 3.8) is 0 Å². The summed E-state index contributed by atoms with van der Waals surface area (Å²) in [6.45, 7) is 4.19. The summed E-state index contributed by atoms with van der Waals surface area (Å²) < 4.78 is 5.96. The van der Waals surface area contributed by atoms with Gasteiger partial charge in [0.1, 0.15) is 6.10 Å². The number of hydrogen-bond donors (Lipinski definition) is 1. The molecule has 0 aliphatic heterocycles. The zero-order chi connectivity index (χ0) is 12.3. The highest BCUT2D eigenvalue weighted by Crippen LogP contribution is 2.27. The number of aryl methyl sites for hydroxylation is 1. The second kappa shape index (κ2) is 5.50. The Morgan fingerprint density at radius 3 is 2.76 bits per heavy atom. The van der Waals surface area contributed by atoms with Gasteiger partial charge < -0.3 is 9.84 Å². The molecule has 0 amide bonds. The third kappa shape index (κ3) is 2.97. The number of pyridine rings is 1. The summed E-state index contributed by atoms with van der Waals surface area (Å²) in [5.74, 6) is 1.31. The van der Waals surface area contributed by atoms with Crippen LogP contribution in [0, 0.1) is 12.8 Å². The maximum Gasteiger partial charge on any atom is 0.213 e. The van der Waals surface area contributed by atoms with Crippen molar-refractivity contribution in [3.8, 4) is 5.88 Å². The van der Waals surface area contributed by atoms with Crippen molar-refractivity contribution in [1.82, 2.24) is 4.98 Å². The lowest BCUT2D eigenvalue weighted by Crippen LogP contribution is -2.28. The van der Waals surface area contributed by atoms with Crippen molar-refractivity contribution in [1.29, 1.82) is 0 Å². The normalized spacial score (nSPS) is 24.6. The summed E-state index contributed by atoms with van der Waals surface area (Å²) in [4.78, 5) is 4.39. The zero-order valence-corrected chi connectivity index (χ0v) is 10.6. The van der Waals surface area contributed by atoms with Crippen LogP contribution in [0.25, 0.3) is 0 Å². The predicted octanol–water partition coefficient (Wildman–Crippen LogP) is 2.84. The van der Waals surface area contributed by atoms with E-state index < -0.39 is 0 Å². The van der Waals surface area contributed by atoms with Gasteiger partial charge in [0.2, 0.25) is 5.88 Å². The molecule has 1 aromatic heterocycles. The average molecular weight is 235 g/mol. The molecule has 1 N–H and O–H groups in total. The first-order valence-electron chi connectivity index (χ1n) is 6.44. The largest absolute Gasteiger partial charge is 0.474 e. The maximum atomic E-state index is 9.09. The minimum absolute atomic E-state index is 0.0406. The summed E-state index contributed by atoms with van der Waals surface area (Å²) in [5.41, 5.74) is 1.72. The van der Waals surface area contributed by atoms with Crippen LogP contribution in [0.4, 0.5) is 0 Å². The molecule has 1 heterocycles. The molecular formula is C14H21NO2. The van der Waals surface area contributed by atoms with E-state index in [4.69, 9.17) is 9.84 Å². The monoisotopic (exact) mass is 235 g/mol. The fourth-order valence-corrected chi connectivity index (χ4v) is 2.41. The first kappa shape index (κ1) is 12.4. The van der Waals surface area contributed by atoms with E-state index in [9.17, 15) is 0 Å². The van der Waals surface area contributed by atoms with Crippen LogP contribution in [-0.4, -0.2) is 16.2 Å². The molecule has 3 heteroatoms. The summed E-state index contributed by atoms with van der Waals surface area (Å²) in [5, 5.41) is 9.09. The van der Waals surface area contributed by atoms with Crippen molar-refractivity contribution < 1.29 is 9.84 Å². The number of rotatable bonds is 3. The minimum atomic E-state index is 0.0406. The molecule has 2 rings (SSSR count). The number of aromatic nitrogens is 1. The van der Waals surface area contributed by atoms with E-state index in [-0.39, 0.29) is 6.61 Å². The molecule has 0 aromatic carbocycles. The number of nitrogens with zero attached hydrogens (tertiary/aromatic N) is 1. The summed E-state index contributed by atoms with van der Waals surface area (Å²) in [7, 11) is 0. The van der Waals surface area contributed by atoms with Gasteiger partial charge in [0.15, 0.2) is 0 Å². The lowest BCUT2D eigenvalue weighted by molar-refractivity contribution is 0.0973. The molecule has 1 aromatic rings. The van der Waals surface area contributed by atoms with Gasteiger partial charge in [-0.15, -0.1) is 0 Å². The maximum absolute atomic E-state index is 9.09. The first-order chi connectivity index (χ1) is 8.20. The molecule has 0 bridgehead atoms. The quantitative estimate of drug-likeness (QED) is 0.876. The Hall–Kier alpha value is -1.09. The summed E-state index contributed by atoms with van der Waals surface area (Å²) >= 11 is 0. The molecule has 0 saturated heterocycles. The van der Waals surface area contributed by atoms with Gasteiger partial charge in [-0.2, -0.15) is 0 Å². The van der Waals surface area contributed by atoms with Crippen LogP contribution < -0.4 is 4.74 Å². The second-order valence-electron chi connectivity index (χ2n) is 4.97. The molecule has 17 heavy (non-hydrogen) atoms. The first-order valence-corrected chi connectivity index (χ1v) is 6.44. The Bertz CT molecular complexity index is 378. The van der Waals surface area contributed by atoms with Gasteiger partial charge in [-0.3, -0.25) is 0 Å². The lowest BCUT2D eigenvalue weighted by atomic mass is 9.88. The van der Waals surface area contributed by atoms with Gasteiger partial charge in [-0.1, -0.05) is 13.3 Å². The molecule has 1 saturated carbocycles. The molecule has 1 aliphatic rings. The SMILES string of the molecule is Cc1nc(OC2CCCCC2C)ccc1CO. The Morgan fingerprint density at radius 1 is 1.35 bits per heavy atom. The fraction of sp³-hybridized carbons (Fsp3) is 0.643. The molecule has 0 radical (unpaired) electrons. The van der Waals surface area contributed by atoms with Crippen molar-refractivity contribution >= 4 is 0 Å². The highest BCUT2D eigenvalue weighted by molar-refractivity contribution is 5.24. The fourth-order valence-electron chi connectivity index (χ4n) is 2.41. The average Bonchev–Trinajstić information content (AvgIpc) is 2.32. The van der Waals surface area contributed by atoms with Gasteiger partial charge in [-0.25, -0.2) is 4.98 Å². The van der Waals surface area contributed by atoms with Gasteiger partial charge in [0.25, 0.3) is 0 Å². The Kier molecular flexibility index (Phi) is 4.00. The number of aliphatic hydroxyl groups is 1. The molecule has 2 atom stereocenters. The number of hydrogen-bond acceptors (Lipinski definition) is 3. The van der Waals surface area contributed by atoms with Crippen LogP contribution in [0.3, 0.4) is 0 Å². The molecule has 1 aliphatic carbocycles. The van der Waals surface area contributed by atoms with Crippen molar-refractivity contribution in [2.24, 2.45) is 5.92 Å². The Morgan fingerprint density at radius 2 is 2.12 bits per heavy atom. The van der Waals surface area contributed by atoms with E-state index in [2.05, 4.69) is 11.9 Å². The second-order valence-corrected chi connectivity index (χ2v) is 4.97. The predicted molar refractivity (Wildman–Crippen MR) is 66.9 cm³/mol. The van der Waals surface area contributed by atoms with Crippen molar-refractivity contribution in [2.45, 2.75) is 52.2 Å². The van der Waals surface area contributed by atoms with Crippen LogP contribution in [0.2, 0.25) is 0 Å². The van der Waals surface area contributed by atoms with E-state index in [1.807, 2.05) is 19.1 Å². The highest BCUT2D eigenvalue weighted by atomic mass is 16.5. The summed E-state index contributed by atoms with van der Waals surface area (Å²) in [6.07, 6.45) is 5.25. The van der Waals surface area contributed by atoms with E-state index in [1.165, 1.54) is 19.3 Å². The van der Waals surface area contributed by atoms with Crippen molar-refractivity contribution in [3.05, 3.63) is 23.4 Å². The third-order valence-corrected chi connectivity index (χ3v) is 3.64. The van der Waals surface area contributed by atoms with Crippen LogP contribution >= 0.6 is 0 Å². The minimum Gasteiger partial charge on any atom is -0.474 e. The standard InChI is InChI=1S/C14H21NO2/c1-10-5-3-4-6-13(10)17-14-8-7-12(9-16)11(2)15-14/h7-8,10,13,16H,3-6,9H2,1-2H3. The van der Waals surface area contributed by atoms with Gasteiger partial charge in [0, 0.05) is 11.8 Å². The van der Waals surface area contributed by atoms with Crippen LogP contribution in [0.15, 0.2) is 12.1 Å². The molecule has 3 nitrogen and oxygen atoms in total.